The molecule has 1 aromatic rings. The van der Waals surface area contributed by atoms with Gasteiger partial charge >= 0.3 is 0 Å². The van der Waals surface area contributed by atoms with Crippen LogP contribution in [0.3, 0.4) is 0 Å². The number of halogens is 1. The molecule has 13 heteroatoms. The minimum atomic E-state index is -3.81. The van der Waals surface area contributed by atoms with Crippen molar-refractivity contribution in [1.29, 1.82) is 0 Å². The second-order valence-corrected chi connectivity index (χ2v) is 17.2. The first-order valence-corrected chi connectivity index (χ1v) is 18.6. The van der Waals surface area contributed by atoms with E-state index in [0.717, 1.165) is 18.5 Å². The maximum atomic E-state index is 14.3. The Balaban J connectivity index is 1.42. The lowest BCUT2D eigenvalue weighted by molar-refractivity contribution is -0.141. The number of rotatable bonds is 6. The minimum absolute atomic E-state index is 0.0136. The largest absolute Gasteiger partial charge is 0.378 e. The topological polar surface area (TPSA) is 145 Å². The molecule has 5 rings (SSSR count). The zero-order valence-corrected chi connectivity index (χ0v) is 29.3. The third kappa shape index (κ3) is 7.50. The normalized spacial score (nSPS) is 33.0. The van der Waals surface area contributed by atoms with E-state index in [1.807, 2.05) is 50.2 Å². The lowest BCUT2D eigenvalue weighted by atomic mass is 9.87. The van der Waals surface area contributed by atoms with E-state index in [9.17, 15) is 27.6 Å². The summed E-state index contributed by atoms with van der Waals surface area (Å²) >= 11 is 2.22. The number of nitrogens with one attached hydrogen (secondary N) is 3. The third-order valence-corrected chi connectivity index (χ3v) is 12.3. The molecule has 2 saturated carbocycles. The van der Waals surface area contributed by atoms with Gasteiger partial charge in [-0.2, -0.15) is 0 Å². The fourth-order valence-electron chi connectivity index (χ4n) is 6.54. The number of carbonyl (C=O) groups is 4. The van der Waals surface area contributed by atoms with Crippen LogP contribution in [-0.4, -0.2) is 84.4 Å². The summed E-state index contributed by atoms with van der Waals surface area (Å²) in [5.41, 5.74) is -0.00806. The molecule has 0 aromatic heterocycles. The maximum Gasteiger partial charge on any atom is 0.259 e. The molecule has 0 spiro atoms. The first kappa shape index (κ1) is 33.7. The highest BCUT2D eigenvalue weighted by atomic mass is 127. The van der Waals surface area contributed by atoms with Crippen LogP contribution in [0.1, 0.15) is 69.2 Å². The number of benzene rings is 1. The van der Waals surface area contributed by atoms with E-state index in [1.165, 1.54) is 4.90 Å². The van der Waals surface area contributed by atoms with Crippen LogP contribution >= 0.6 is 22.6 Å². The average Bonchev–Trinajstić information content (AvgIpc) is 3.90. The Labute approximate surface area is 279 Å². The van der Waals surface area contributed by atoms with Crippen molar-refractivity contribution in [2.75, 3.05) is 25.5 Å². The monoisotopic (exact) mass is 753 g/mol. The molecule has 246 valence electrons. The van der Waals surface area contributed by atoms with E-state index in [2.05, 4.69) is 44.9 Å². The molecule has 1 saturated heterocycles. The molecule has 2 aliphatic heterocycles. The summed E-state index contributed by atoms with van der Waals surface area (Å²) in [4.78, 5) is 58.6. The molecule has 7 atom stereocenters. The molecule has 0 radical (unpaired) electrons. The van der Waals surface area contributed by atoms with Gasteiger partial charge in [-0.3, -0.25) is 23.9 Å². The number of nitrogens with zero attached hydrogens (tertiary/aromatic N) is 2. The summed E-state index contributed by atoms with van der Waals surface area (Å²) in [6.07, 6.45) is 7.84. The molecule has 3 N–H and O–H groups in total. The van der Waals surface area contributed by atoms with Crippen LogP contribution in [0.2, 0.25) is 0 Å². The van der Waals surface area contributed by atoms with Gasteiger partial charge in [0, 0.05) is 41.7 Å². The van der Waals surface area contributed by atoms with Gasteiger partial charge in [-0.1, -0.05) is 48.6 Å². The lowest BCUT2D eigenvalue weighted by Gasteiger charge is -2.33. The Morgan fingerprint density at radius 3 is 2.40 bits per heavy atom. The SMILES string of the molecule is C[C@H]1CC/C=C\[C@@H]2C[C@@]2(C(=O)NS(=O)(=O)C2CC2)NC(=O)[C@@H]2C[C@@H](I)CN2C(=O)[C@@H](NC(=O)c2ccc(N(C)C)cc2)[C@H](C)C1. The minimum Gasteiger partial charge on any atom is -0.378 e. The molecule has 11 nitrogen and oxygen atoms in total. The van der Waals surface area contributed by atoms with Crippen LogP contribution in [0.25, 0.3) is 0 Å². The Bertz CT molecular complexity index is 1460. The number of anilines is 1. The quantitative estimate of drug-likeness (QED) is 0.230. The van der Waals surface area contributed by atoms with E-state index in [0.29, 0.717) is 37.8 Å². The summed E-state index contributed by atoms with van der Waals surface area (Å²) in [7, 11) is 0.0229. The second kappa shape index (κ2) is 13.2. The van der Waals surface area contributed by atoms with Crippen LogP contribution in [0.5, 0.6) is 0 Å². The lowest BCUT2D eigenvalue weighted by Crippen LogP contribution is -2.59. The van der Waals surface area contributed by atoms with Crippen molar-refractivity contribution in [2.45, 2.75) is 85.6 Å². The zero-order valence-electron chi connectivity index (χ0n) is 26.3. The Kier molecular flexibility index (Phi) is 9.88. The van der Waals surface area contributed by atoms with Crippen LogP contribution < -0.4 is 20.3 Å². The predicted octanol–water partition coefficient (Wildman–Crippen LogP) is 2.75. The first-order chi connectivity index (χ1) is 21.2. The van der Waals surface area contributed by atoms with Gasteiger partial charge in [0.2, 0.25) is 21.8 Å². The number of amides is 4. The predicted molar refractivity (Wildman–Crippen MR) is 180 cm³/mol. The van der Waals surface area contributed by atoms with Crippen LogP contribution in [0, 0.1) is 17.8 Å². The van der Waals surface area contributed by atoms with E-state index < -0.39 is 44.7 Å². The second-order valence-electron chi connectivity index (χ2n) is 13.5. The van der Waals surface area contributed by atoms with E-state index in [1.54, 1.807) is 12.1 Å². The van der Waals surface area contributed by atoms with Gasteiger partial charge in [-0.25, -0.2) is 8.42 Å². The molecule has 0 unspecified atom stereocenters. The van der Waals surface area contributed by atoms with Crippen molar-refractivity contribution in [2.24, 2.45) is 17.8 Å². The number of allylic oxidation sites excluding steroid dienone is 1. The van der Waals surface area contributed by atoms with Crippen molar-refractivity contribution < 1.29 is 27.6 Å². The number of carbonyl (C=O) groups excluding carboxylic acids is 4. The Hall–Kier alpha value is -2.68. The first-order valence-electron chi connectivity index (χ1n) is 15.8. The molecular weight excluding hydrogens is 709 g/mol. The van der Waals surface area contributed by atoms with Gasteiger partial charge in [-0.05, 0) is 81.0 Å². The van der Waals surface area contributed by atoms with Gasteiger partial charge in [0.1, 0.15) is 17.6 Å². The van der Waals surface area contributed by atoms with Crippen LogP contribution in [0.4, 0.5) is 5.69 Å². The van der Waals surface area contributed by atoms with Crippen molar-refractivity contribution >= 4 is 61.9 Å². The highest BCUT2D eigenvalue weighted by Crippen LogP contribution is 2.46. The van der Waals surface area contributed by atoms with Crippen molar-refractivity contribution in [3.8, 4) is 0 Å². The Morgan fingerprint density at radius 1 is 1.07 bits per heavy atom. The molecule has 4 amide bonds. The third-order valence-electron chi connectivity index (χ3n) is 9.54. The molecule has 45 heavy (non-hydrogen) atoms. The fourth-order valence-corrected chi connectivity index (χ4v) is 8.81. The van der Waals surface area contributed by atoms with Gasteiger partial charge in [-0.15, -0.1) is 0 Å². The average molecular weight is 754 g/mol. The molecular formula is C32H44IN5O6S. The maximum absolute atomic E-state index is 14.3. The number of fused-ring (bicyclic) bond motifs is 2. The van der Waals surface area contributed by atoms with E-state index in [4.69, 9.17) is 0 Å². The van der Waals surface area contributed by atoms with Gasteiger partial charge < -0.3 is 20.4 Å². The number of hydrogen-bond acceptors (Lipinski definition) is 7. The van der Waals surface area contributed by atoms with E-state index in [-0.39, 0.29) is 39.9 Å². The van der Waals surface area contributed by atoms with Crippen molar-refractivity contribution in [3.63, 3.8) is 0 Å². The molecule has 2 heterocycles. The Morgan fingerprint density at radius 2 is 1.76 bits per heavy atom. The molecule has 3 fully saturated rings. The molecule has 1 aromatic carbocycles. The van der Waals surface area contributed by atoms with Gasteiger partial charge in [0.25, 0.3) is 11.8 Å². The highest BCUT2D eigenvalue weighted by molar-refractivity contribution is 14.1. The smallest absolute Gasteiger partial charge is 0.259 e. The zero-order chi connectivity index (χ0) is 32.7. The summed E-state index contributed by atoms with van der Waals surface area (Å²) in [6.45, 7) is 4.40. The van der Waals surface area contributed by atoms with E-state index >= 15 is 0 Å². The summed E-state index contributed by atoms with van der Waals surface area (Å²) in [5.74, 6) is -2.22. The number of alkyl halides is 1. The number of sulfonamides is 1. The fraction of sp³-hybridized carbons (Fsp3) is 0.625. The van der Waals surface area contributed by atoms with Crippen LogP contribution in [-0.2, 0) is 24.4 Å². The van der Waals surface area contributed by atoms with Gasteiger partial charge in [0.15, 0.2) is 0 Å². The summed E-state index contributed by atoms with van der Waals surface area (Å²) in [5, 5.41) is 5.32. The molecule has 0 bridgehead atoms. The number of hydrogen-bond donors (Lipinski definition) is 3. The summed E-state index contributed by atoms with van der Waals surface area (Å²) in [6, 6.07) is 5.44. The highest BCUT2D eigenvalue weighted by Gasteiger charge is 2.62. The summed E-state index contributed by atoms with van der Waals surface area (Å²) < 4.78 is 27.5. The van der Waals surface area contributed by atoms with Crippen LogP contribution in [0.15, 0.2) is 36.4 Å². The van der Waals surface area contributed by atoms with Crippen molar-refractivity contribution in [1.82, 2.24) is 20.3 Å². The molecule has 2 aliphatic carbocycles. The van der Waals surface area contributed by atoms with Gasteiger partial charge in [0.05, 0.1) is 5.25 Å². The molecule has 4 aliphatic rings. The standard InChI is InChI=1S/C32H44IN5O6S/c1-19-7-5-6-8-22-17-32(22,31(42)36-45(43,44)25-13-14-25)35-29(40)26-16-23(33)18-38(26)30(41)27(20(2)15-19)34-28(39)21-9-11-24(12-10-21)37(3)4/h6,8-12,19-20,22-23,25-27H,5,7,13-18H2,1-4H3,(H,34,39)(H,35,40)(H,36,42)/b8-6-/t19-,20+,22+,23+,26-,27-,32+/m0/s1. The van der Waals surface area contributed by atoms with Crippen molar-refractivity contribution in [3.05, 3.63) is 42.0 Å².